The second-order valence-corrected chi connectivity index (χ2v) is 4.61. The summed E-state index contributed by atoms with van der Waals surface area (Å²) < 4.78 is 0. The molecular weight excluding hydrogens is 367 g/mol. The van der Waals surface area contributed by atoms with E-state index in [2.05, 4.69) is 34.8 Å². The van der Waals surface area contributed by atoms with Gasteiger partial charge in [-0.05, 0) is 18.1 Å². The molecule has 0 spiro atoms. The summed E-state index contributed by atoms with van der Waals surface area (Å²) in [5.74, 6) is 1.06. The second kappa shape index (κ2) is 10.5. The molecule has 6 heteroatoms. The van der Waals surface area contributed by atoms with Gasteiger partial charge in [0.25, 0.3) is 0 Å². The van der Waals surface area contributed by atoms with E-state index in [0.717, 1.165) is 12.2 Å². The van der Waals surface area contributed by atoms with Crippen LogP contribution < -0.4 is 16.0 Å². The zero-order chi connectivity index (χ0) is 14.1. The molecule has 5 nitrogen and oxygen atoms in total. The fourth-order valence-corrected chi connectivity index (χ4v) is 1.41. The largest absolute Gasteiger partial charge is 0.356 e. The van der Waals surface area contributed by atoms with Crippen LogP contribution in [0.4, 0.5) is 5.69 Å². The molecule has 112 valence electrons. The Morgan fingerprint density at radius 1 is 1.20 bits per heavy atom. The highest BCUT2D eigenvalue weighted by molar-refractivity contribution is 14.0. The fourth-order valence-electron chi connectivity index (χ4n) is 1.41. The Balaban J connectivity index is 0.00000361. The minimum atomic E-state index is -0.0984. The summed E-state index contributed by atoms with van der Waals surface area (Å²) in [5.41, 5.74) is 0.791. The van der Waals surface area contributed by atoms with Crippen LogP contribution in [0.5, 0.6) is 0 Å². The predicted molar refractivity (Wildman–Crippen MR) is 94.7 cm³/mol. The van der Waals surface area contributed by atoms with E-state index in [1.807, 2.05) is 30.3 Å². The molecule has 3 N–H and O–H groups in total. The van der Waals surface area contributed by atoms with Crippen molar-refractivity contribution in [3.8, 4) is 0 Å². The van der Waals surface area contributed by atoms with Crippen molar-refractivity contribution < 1.29 is 4.79 Å². The van der Waals surface area contributed by atoms with E-state index >= 15 is 0 Å². The number of amides is 1. The molecule has 1 aromatic rings. The van der Waals surface area contributed by atoms with Crippen LogP contribution in [0.1, 0.15) is 13.8 Å². The summed E-state index contributed by atoms with van der Waals surface area (Å²) in [7, 11) is 1.69. The molecule has 0 saturated heterocycles. The number of rotatable bonds is 5. The molecule has 0 fully saturated rings. The fraction of sp³-hybridized carbons (Fsp3) is 0.429. The molecule has 0 aromatic heterocycles. The number of anilines is 1. The topological polar surface area (TPSA) is 65.5 Å². The molecule has 1 aromatic carbocycles. The molecule has 0 atom stereocenters. The van der Waals surface area contributed by atoms with Crippen molar-refractivity contribution in [3.63, 3.8) is 0 Å². The van der Waals surface area contributed by atoms with Gasteiger partial charge in [0, 0.05) is 19.3 Å². The lowest BCUT2D eigenvalue weighted by Gasteiger charge is -2.13. The van der Waals surface area contributed by atoms with E-state index in [0.29, 0.717) is 11.9 Å². The third kappa shape index (κ3) is 7.98. The van der Waals surface area contributed by atoms with Crippen molar-refractivity contribution in [3.05, 3.63) is 30.3 Å². The number of benzene rings is 1. The minimum absolute atomic E-state index is 0. The van der Waals surface area contributed by atoms with Gasteiger partial charge in [-0.3, -0.25) is 9.79 Å². The molecule has 20 heavy (non-hydrogen) atoms. The first-order valence-corrected chi connectivity index (χ1v) is 6.41. The Morgan fingerprint density at radius 2 is 1.85 bits per heavy atom. The first-order valence-electron chi connectivity index (χ1n) is 6.41. The SMILES string of the molecule is CN=C(NCC(=O)Nc1ccccc1)NCC(C)C.I. The van der Waals surface area contributed by atoms with Gasteiger partial charge in [-0.25, -0.2) is 0 Å². The first-order chi connectivity index (χ1) is 9.11. The van der Waals surface area contributed by atoms with Crippen molar-refractivity contribution in [2.75, 3.05) is 25.5 Å². The van der Waals surface area contributed by atoms with Crippen molar-refractivity contribution in [1.82, 2.24) is 10.6 Å². The summed E-state index contributed by atoms with van der Waals surface area (Å²) >= 11 is 0. The van der Waals surface area contributed by atoms with Gasteiger partial charge in [0.05, 0.1) is 6.54 Å². The number of hydrogen-bond acceptors (Lipinski definition) is 2. The number of carbonyl (C=O) groups excluding carboxylic acids is 1. The molecule has 0 aliphatic heterocycles. The number of carbonyl (C=O) groups is 1. The van der Waals surface area contributed by atoms with E-state index < -0.39 is 0 Å². The zero-order valence-electron chi connectivity index (χ0n) is 12.1. The van der Waals surface area contributed by atoms with E-state index in [4.69, 9.17) is 0 Å². The van der Waals surface area contributed by atoms with Crippen molar-refractivity contribution >= 4 is 41.5 Å². The molecular formula is C14H23IN4O. The summed E-state index contributed by atoms with van der Waals surface area (Å²) in [6.45, 7) is 5.23. The number of nitrogens with one attached hydrogen (secondary N) is 3. The van der Waals surface area contributed by atoms with Gasteiger partial charge in [0.15, 0.2) is 5.96 Å². The lowest BCUT2D eigenvalue weighted by Crippen LogP contribution is -2.42. The van der Waals surface area contributed by atoms with Crippen LogP contribution in [0.3, 0.4) is 0 Å². The maximum Gasteiger partial charge on any atom is 0.243 e. The van der Waals surface area contributed by atoms with Crippen molar-refractivity contribution in [2.45, 2.75) is 13.8 Å². The molecule has 0 saturated carbocycles. The Morgan fingerprint density at radius 3 is 2.40 bits per heavy atom. The van der Waals surface area contributed by atoms with E-state index in [1.165, 1.54) is 0 Å². The first kappa shape index (κ1) is 18.7. The Labute approximate surface area is 137 Å². The second-order valence-electron chi connectivity index (χ2n) is 4.61. The number of para-hydroxylation sites is 1. The molecule has 1 amide bonds. The monoisotopic (exact) mass is 390 g/mol. The maximum absolute atomic E-state index is 11.7. The Hall–Kier alpha value is -1.31. The van der Waals surface area contributed by atoms with Crippen LogP contribution in [0.25, 0.3) is 0 Å². The molecule has 0 radical (unpaired) electrons. The van der Waals surface area contributed by atoms with Crippen LogP contribution >= 0.6 is 24.0 Å². The van der Waals surface area contributed by atoms with E-state index in [1.54, 1.807) is 7.05 Å². The standard InChI is InChI=1S/C14H22N4O.HI/c1-11(2)9-16-14(15-3)17-10-13(19)18-12-7-5-4-6-8-12;/h4-8,11H,9-10H2,1-3H3,(H,18,19)(H2,15,16,17);1H. The summed E-state index contributed by atoms with van der Waals surface area (Å²) in [6, 6.07) is 9.37. The Bertz CT molecular complexity index is 420. The maximum atomic E-state index is 11.7. The van der Waals surface area contributed by atoms with Gasteiger partial charge in [-0.15, -0.1) is 24.0 Å². The van der Waals surface area contributed by atoms with Gasteiger partial charge >= 0.3 is 0 Å². The number of hydrogen-bond donors (Lipinski definition) is 3. The highest BCUT2D eigenvalue weighted by Gasteiger charge is 2.04. The van der Waals surface area contributed by atoms with E-state index in [9.17, 15) is 4.79 Å². The van der Waals surface area contributed by atoms with Gasteiger partial charge in [0.1, 0.15) is 0 Å². The normalized spacial score (nSPS) is 10.7. The van der Waals surface area contributed by atoms with Crippen LogP contribution in [-0.4, -0.2) is 32.0 Å². The summed E-state index contributed by atoms with van der Waals surface area (Å²) in [4.78, 5) is 15.8. The number of nitrogens with zero attached hydrogens (tertiary/aromatic N) is 1. The minimum Gasteiger partial charge on any atom is -0.356 e. The van der Waals surface area contributed by atoms with Crippen LogP contribution in [0.15, 0.2) is 35.3 Å². The average molecular weight is 390 g/mol. The predicted octanol–water partition coefficient (Wildman–Crippen LogP) is 2.06. The molecule has 0 aliphatic carbocycles. The highest BCUT2D eigenvalue weighted by Crippen LogP contribution is 2.03. The van der Waals surface area contributed by atoms with Crippen LogP contribution in [0.2, 0.25) is 0 Å². The van der Waals surface area contributed by atoms with Crippen molar-refractivity contribution in [1.29, 1.82) is 0 Å². The van der Waals surface area contributed by atoms with Gasteiger partial charge in [0.2, 0.25) is 5.91 Å². The highest BCUT2D eigenvalue weighted by atomic mass is 127. The number of halogens is 1. The third-order valence-electron chi connectivity index (χ3n) is 2.38. The van der Waals surface area contributed by atoms with Crippen LogP contribution in [-0.2, 0) is 4.79 Å². The molecule has 0 aliphatic rings. The summed E-state index contributed by atoms with van der Waals surface area (Å²) in [5, 5.41) is 8.92. The Kier molecular flexibility index (Phi) is 9.79. The number of guanidine groups is 1. The molecule has 1 rings (SSSR count). The summed E-state index contributed by atoms with van der Waals surface area (Å²) in [6.07, 6.45) is 0. The zero-order valence-corrected chi connectivity index (χ0v) is 14.5. The van der Waals surface area contributed by atoms with Crippen molar-refractivity contribution in [2.24, 2.45) is 10.9 Å². The van der Waals surface area contributed by atoms with E-state index in [-0.39, 0.29) is 36.4 Å². The average Bonchev–Trinajstić information content (AvgIpc) is 2.39. The quantitative estimate of drug-likeness (QED) is 0.410. The molecule has 0 heterocycles. The number of aliphatic imine (C=N–C) groups is 1. The van der Waals surface area contributed by atoms with Gasteiger partial charge < -0.3 is 16.0 Å². The van der Waals surface area contributed by atoms with Gasteiger partial charge in [-0.1, -0.05) is 32.0 Å². The smallest absolute Gasteiger partial charge is 0.243 e. The lowest BCUT2D eigenvalue weighted by molar-refractivity contribution is -0.115. The van der Waals surface area contributed by atoms with Crippen LogP contribution in [0, 0.1) is 5.92 Å². The third-order valence-corrected chi connectivity index (χ3v) is 2.38. The lowest BCUT2D eigenvalue weighted by atomic mass is 10.2. The molecule has 0 bridgehead atoms. The van der Waals surface area contributed by atoms with Gasteiger partial charge in [-0.2, -0.15) is 0 Å². The molecule has 0 unspecified atom stereocenters.